The van der Waals surface area contributed by atoms with Crippen LogP contribution in [-0.4, -0.2) is 21.6 Å². The number of aromatic nitrogens is 2. The molecule has 26 heavy (non-hydrogen) atoms. The first kappa shape index (κ1) is 17.4. The summed E-state index contributed by atoms with van der Waals surface area (Å²) < 4.78 is 13.6. The van der Waals surface area contributed by atoms with Crippen LogP contribution in [0.4, 0.5) is 10.1 Å². The molecule has 4 rings (SSSR count). The molecule has 0 fully saturated rings. The molecule has 0 bridgehead atoms. The minimum atomic E-state index is -0.321. The molecule has 4 nitrogen and oxygen atoms in total. The average Bonchev–Trinajstić information content (AvgIpc) is 3.02. The van der Waals surface area contributed by atoms with Gasteiger partial charge in [-0.2, -0.15) is 0 Å². The fraction of sp³-hybridized carbons (Fsp3) is 0.316. The van der Waals surface area contributed by atoms with Crippen molar-refractivity contribution in [3.8, 4) is 0 Å². The van der Waals surface area contributed by atoms with Crippen LogP contribution < -0.4 is 5.32 Å². The van der Waals surface area contributed by atoms with Crippen molar-refractivity contribution in [1.82, 2.24) is 9.97 Å². The average molecular weight is 388 g/mol. The van der Waals surface area contributed by atoms with Crippen LogP contribution in [0.25, 0.3) is 10.2 Å². The molecular formula is C19H18FN3OS2. The van der Waals surface area contributed by atoms with Crippen molar-refractivity contribution >= 4 is 44.9 Å². The predicted molar refractivity (Wildman–Crippen MR) is 105 cm³/mol. The number of amides is 1. The summed E-state index contributed by atoms with van der Waals surface area (Å²) in [5.74, 6) is -0.265. The second-order valence-electron chi connectivity index (χ2n) is 6.37. The molecule has 2 aromatic heterocycles. The van der Waals surface area contributed by atoms with Crippen molar-refractivity contribution in [2.24, 2.45) is 0 Å². The number of nitrogens with one attached hydrogen (secondary N) is 1. The van der Waals surface area contributed by atoms with E-state index in [4.69, 9.17) is 0 Å². The molecule has 134 valence electrons. The number of halogens is 1. The molecule has 0 spiro atoms. The molecule has 0 aliphatic heterocycles. The summed E-state index contributed by atoms with van der Waals surface area (Å²) in [4.78, 5) is 23.5. The summed E-state index contributed by atoms with van der Waals surface area (Å²) in [5, 5.41) is 4.72. The fourth-order valence-corrected chi connectivity index (χ4v) is 5.29. The van der Waals surface area contributed by atoms with E-state index in [1.54, 1.807) is 36.7 Å². The van der Waals surface area contributed by atoms with E-state index in [9.17, 15) is 9.18 Å². The third-order valence-electron chi connectivity index (χ3n) is 4.51. The van der Waals surface area contributed by atoms with Crippen LogP contribution in [0.1, 0.15) is 28.8 Å². The van der Waals surface area contributed by atoms with Gasteiger partial charge in [-0.1, -0.05) is 17.8 Å². The molecule has 0 radical (unpaired) electrons. The van der Waals surface area contributed by atoms with Gasteiger partial charge in [0.15, 0.2) is 0 Å². The van der Waals surface area contributed by atoms with Gasteiger partial charge >= 0.3 is 0 Å². The zero-order valence-electron chi connectivity index (χ0n) is 14.3. The Hall–Kier alpha value is -1.99. The molecule has 0 unspecified atom stereocenters. The van der Waals surface area contributed by atoms with E-state index in [0.29, 0.717) is 11.3 Å². The van der Waals surface area contributed by atoms with Crippen LogP contribution in [0.5, 0.6) is 0 Å². The van der Waals surface area contributed by atoms with Crippen LogP contribution in [0.2, 0.25) is 0 Å². The largest absolute Gasteiger partial charge is 0.325 e. The smallest absolute Gasteiger partial charge is 0.234 e. The van der Waals surface area contributed by atoms with E-state index in [0.717, 1.165) is 28.1 Å². The molecule has 1 amide bonds. The molecule has 1 aliphatic carbocycles. The fourth-order valence-electron chi connectivity index (χ4n) is 3.17. The molecule has 1 aromatic carbocycles. The third kappa shape index (κ3) is 3.46. The van der Waals surface area contributed by atoms with Gasteiger partial charge in [0.2, 0.25) is 5.91 Å². The molecular weight excluding hydrogens is 369 g/mol. The summed E-state index contributed by atoms with van der Waals surface area (Å²) in [6, 6.07) is 4.71. The highest BCUT2D eigenvalue weighted by Gasteiger charge is 2.20. The lowest BCUT2D eigenvalue weighted by molar-refractivity contribution is -0.113. The van der Waals surface area contributed by atoms with Crippen molar-refractivity contribution in [2.75, 3.05) is 11.1 Å². The standard InChI is InChI=1S/C19H18FN3OS2/c1-11-6-7-12(8-14(11)20)23-16(24)9-25-18-17-13-4-2-3-5-15(13)26-19(17)22-10-21-18/h6-8,10H,2-5,9H2,1H3,(H,23,24). The topological polar surface area (TPSA) is 54.9 Å². The van der Waals surface area contributed by atoms with Gasteiger partial charge in [-0.15, -0.1) is 11.3 Å². The van der Waals surface area contributed by atoms with Crippen LogP contribution in [0.3, 0.4) is 0 Å². The highest BCUT2D eigenvalue weighted by Crippen LogP contribution is 2.39. The van der Waals surface area contributed by atoms with Crippen molar-refractivity contribution in [2.45, 2.75) is 37.6 Å². The highest BCUT2D eigenvalue weighted by molar-refractivity contribution is 8.00. The van der Waals surface area contributed by atoms with Gasteiger partial charge in [-0.05, 0) is 55.9 Å². The number of rotatable bonds is 4. The number of nitrogens with zero attached hydrogens (tertiary/aromatic N) is 2. The monoisotopic (exact) mass is 387 g/mol. The Morgan fingerprint density at radius 1 is 1.31 bits per heavy atom. The van der Waals surface area contributed by atoms with Gasteiger partial charge in [0.25, 0.3) is 0 Å². The lowest BCUT2D eigenvalue weighted by atomic mass is 9.97. The number of benzene rings is 1. The number of fused-ring (bicyclic) bond motifs is 3. The van der Waals surface area contributed by atoms with Gasteiger partial charge in [-0.25, -0.2) is 14.4 Å². The van der Waals surface area contributed by atoms with Gasteiger partial charge in [0.1, 0.15) is 22.0 Å². The Labute approximate surface area is 159 Å². The van der Waals surface area contributed by atoms with E-state index in [2.05, 4.69) is 15.3 Å². The Morgan fingerprint density at radius 2 is 2.15 bits per heavy atom. The minimum Gasteiger partial charge on any atom is -0.325 e. The third-order valence-corrected chi connectivity index (χ3v) is 6.70. The molecule has 1 N–H and O–H groups in total. The minimum absolute atomic E-state index is 0.172. The van der Waals surface area contributed by atoms with Crippen LogP contribution >= 0.6 is 23.1 Å². The summed E-state index contributed by atoms with van der Waals surface area (Å²) in [6.45, 7) is 1.69. The van der Waals surface area contributed by atoms with E-state index in [-0.39, 0.29) is 17.5 Å². The summed E-state index contributed by atoms with van der Waals surface area (Å²) in [7, 11) is 0. The molecule has 1 aliphatic rings. The lowest BCUT2D eigenvalue weighted by Gasteiger charge is -2.11. The SMILES string of the molecule is Cc1ccc(NC(=O)CSc2ncnc3sc4c(c23)CCCC4)cc1F. The Balaban J connectivity index is 1.50. The van der Waals surface area contributed by atoms with Crippen molar-refractivity contribution in [1.29, 1.82) is 0 Å². The Morgan fingerprint density at radius 3 is 3.00 bits per heavy atom. The van der Waals surface area contributed by atoms with Gasteiger partial charge in [-0.3, -0.25) is 4.79 Å². The van der Waals surface area contributed by atoms with Crippen LogP contribution in [0, 0.1) is 12.7 Å². The number of carbonyl (C=O) groups is 1. The Kier molecular flexibility index (Phi) is 4.91. The normalized spacial score (nSPS) is 13.6. The summed E-state index contributed by atoms with van der Waals surface area (Å²) >= 11 is 3.16. The molecule has 0 saturated carbocycles. The van der Waals surface area contributed by atoms with E-state index < -0.39 is 0 Å². The van der Waals surface area contributed by atoms with Gasteiger partial charge < -0.3 is 5.32 Å². The number of aryl methyl sites for hydroxylation is 3. The maximum absolute atomic E-state index is 13.6. The second kappa shape index (κ2) is 7.32. The quantitative estimate of drug-likeness (QED) is 0.519. The number of hydrogen-bond acceptors (Lipinski definition) is 5. The zero-order valence-corrected chi connectivity index (χ0v) is 16.0. The summed E-state index contributed by atoms with van der Waals surface area (Å²) in [5.41, 5.74) is 2.39. The van der Waals surface area contributed by atoms with Crippen LogP contribution in [0.15, 0.2) is 29.6 Å². The van der Waals surface area contributed by atoms with Crippen LogP contribution in [-0.2, 0) is 17.6 Å². The number of hydrogen-bond donors (Lipinski definition) is 1. The van der Waals surface area contributed by atoms with Crippen molar-refractivity contribution in [3.63, 3.8) is 0 Å². The first-order chi connectivity index (χ1) is 12.6. The maximum atomic E-state index is 13.6. The lowest BCUT2D eigenvalue weighted by Crippen LogP contribution is -2.14. The molecule has 0 saturated heterocycles. The second-order valence-corrected chi connectivity index (χ2v) is 8.42. The molecule has 0 atom stereocenters. The van der Waals surface area contributed by atoms with Crippen molar-refractivity contribution < 1.29 is 9.18 Å². The molecule has 2 heterocycles. The zero-order chi connectivity index (χ0) is 18.1. The Bertz CT molecular complexity index is 986. The number of thiophene rings is 1. The van der Waals surface area contributed by atoms with E-state index in [1.807, 2.05) is 0 Å². The number of thioether (sulfide) groups is 1. The maximum Gasteiger partial charge on any atom is 0.234 e. The van der Waals surface area contributed by atoms with Crippen molar-refractivity contribution in [3.05, 3.63) is 46.3 Å². The predicted octanol–water partition coefficient (Wildman–Crippen LogP) is 4.75. The van der Waals surface area contributed by atoms with E-state index >= 15 is 0 Å². The van der Waals surface area contributed by atoms with Gasteiger partial charge in [0, 0.05) is 16.0 Å². The molecule has 3 aromatic rings. The van der Waals surface area contributed by atoms with E-state index in [1.165, 1.54) is 41.1 Å². The first-order valence-electron chi connectivity index (χ1n) is 8.56. The number of carbonyl (C=O) groups excluding carboxylic acids is 1. The van der Waals surface area contributed by atoms with Gasteiger partial charge in [0.05, 0.1) is 5.75 Å². The molecule has 7 heteroatoms. The first-order valence-corrected chi connectivity index (χ1v) is 10.4. The summed E-state index contributed by atoms with van der Waals surface area (Å²) in [6.07, 6.45) is 6.16. The number of anilines is 1. The highest BCUT2D eigenvalue weighted by atomic mass is 32.2.